The van der Waals surface area contributed by atoms with Crippen molar-refractivity contribution in [1.82, 2.24) is 4.98 Å². The summed E-state index contributed by atoms with van der Waals surface area (Å²) in [7, 11) is 0. The van der Waals surface area contributed by atoms with E-state index in [0.717, 1.165) is 12.8 Å². The Bertz CT molecular complexity index is 543. The molecule has 1 N–H and O–H groups in total. The van der Waals surface area contributed by atoms with Crippen LogP contribution in [0.2, 0.25) is 0 Å². The average molecular weight is 274 g/mol. The molecule has 1 saturated carbocycles. The van der Waals surface area contributed by atoms with Gasteiger partial charge in [0.05, 0.1) is 4.92 Å². The van der Waals surface area contributed by atoms with Gasteiger partial charge in [-0.15, -0.1) is 0 Å². The van der Waals surface area contributed by atoms with E-state index in [4.69, 9.17) is 5.26 Å². The second-order valence-corrected chi connectivity index (χ2v) is 5.68. The summed E-state index contributed by atoms with van der Waals surface area (Å²) in [5.74, 6) is 1.39. The van der Waals surface area contributed by atoms with E-state index in [1.54, 1.807) is 0 Å². The summed E-state index contributed by atoms with van der Waals surface area (Å²) in [6.45, 7) is 4.38. The van der Waals surface area contributed by atoms with E-state index >= 15 is 0 Å². The fraction of sp³-hybridized carbons (Fsp3) is 0.571. The fourth-order valence-electron chi connectivity index (χ4n) is 3.09. The van der Waals surface area contributed by atoms with Crippen molar-refractivity contribution in [1.29, 1.82) is 5.26 Å². The van der Waals surface area contributed by atoms with Crippen LogP contribution in [0.15, 0.2) is 12.3 Å². The van der Waals surface area contributed by atoms with Crippen LogP contribution >= 0.6 is 0 Å². The maximum Gasteiger partial charge on any atom is 0.328 e. The van der Waals surface area contributed by atoms with Crippen molar-refractivity contribution in [2.75, 3.05) is 5.32 Å². The number of rotatable bonds is 3. The van der Waals surface area contributed by atoms with Gasteiger partial charge in [-0.3, -0.25) is 10.1 Å². The van der Waals surface area contributed by atoms with Gasteiger partial charge in [0.25, 0.3) is 0 Å². The molecule has 0 radical (unpaired) electrons. The summed E-state index contributed by atoms with van der Waals surface area (Å²) in [6.07, 6.45) is 4.56. The van der Waals surface area contributed by atoms with Crippen molar-refractivity contribution in [2.24, 2.45) is 11.8 Å². The predicted octanol–water partition coefficient (Wildman–Crippen LogP) is 3.10. The molecule has 1 aromatic heterocycles. The van der Waals surface area contributed by atoms with Gasteiger partial charge < -0.3 is 5.32 Å². The van der Waals surface area contributed by atoms with Crippen molar-refractivity contribution in [3.8, 4) is 6.07 Å². The molecule has 1 aliphatic carbocycles. The van der Waals surface area contributed by atoms with E-state index in [-0.39, 0.29) is 23.1 Å². The largest absolute Gasteiger partial charge is 0.362 e. The first-order valence-electron chi connectivity index (χ1n) is 6.81. The zero-order chi connectivity index (χ0) is 14.7. The quantitative estimate of drug-likeness (QED) is 0.675. The highest BCUT2D eigenvalue weighted by molar-refractivity contribution is 5.64. The Kier molecular flexibility index (Phi) is 4.18. The molecule has 2 unspecified atom stereocenters. The van der Waals surface area contributed by atoms with Crippen molar-refractivity contribution in [3.05, 3.63) is 27.9 Å². The summed E-state index contributed by atoms with van der Waals surface area (Å²) < 4.78 is 0. The lowest BCUT2D eigenvalue weighted by Gasteiger charge is -2.32. The smallest absolute Gasteiger partial charge is 0.328 e. The molecular weight excluding hydrogens is 256 g/mol. The lowest BCUT2D eigenvalue weighted by molar-refractivity contribution is -0.384. The van der Waals surface area contributed by atoms with Gasteiger partial charge in [-0.25, -0.2) is 4.98 Å². The van der Waals surface area contributed by atoms with Gasteiger partial charge in [0.2, 0.25) is 5.82 Å². The number of nitrogens with zero attached hydrogens (tertiary/aromatic N) is 3. The van der Waals surface area contributed by atoms with Crippen LogP contribution in [0.25, 0.3) is 0 Å². The van der Waals surface area contributed by atoms with Gasteiger partial charge in [0.15, 0.2) is 0 Å². The van der Waals surface area contributed by atoms with Gasteiger partial charge in [0, 0.05) is 12.2 Å². The molecule has 0 saturated heterocycles. The maximum atomic E-state index is 11.1. The van der Waals surface area contributed by atoms with Gasteiger partial charge in [-0.2, -0.15) is 5.26 Å². The van der Waals surface area contributed by atoms with E-state index in [2.05, 4.69) is 24.1 Å². The molecule has 20 heavy (non-hydrogen) atoms. The van der Waals surface area contributed by atoms with Crippen molar-refractivity contribution >= 4 is 11.5 Å². The standard InChI is InChI=1S/C14H18N4O2/c1-9-5-10(2)7-12(6-9)17-14-13(18(19)20)11(8-15)3-4-16-14/h3-4,9-10,12H,5-7H2,1-2H3,(H,16,17). The number of nitriles is 1. The molecule has 106 valence electrons. The molecule has 6 heteroatoms. The maximum absolute atomic E-state index is 11.1. The number of nitrogens with one attached hydrogen (secondary N) is 1. The number of nitro groups is 1. The molecule has 1 heterocycles. The highest BCUT2D eigenvalue weighted by Crippen LogP contribution is 2.33. The molecule has 0 bridgehead atoms. The van der Waals surface area contributed by atoms with Crippen LogP contribution in [0.3, 0.4) is 0 Å². The SMILES string of the molecule is CC1CC(C)CC(Nc2nccc(C#N)c2[N+](=O)[O-])C1. The van der Waals surface area contributed by atoms with E-state index < -0.39 is 4.92 Å². The number of aromatic nitrogens is 1. The van der Waals surface area contributed by atoms with Crippen LogP contribution in [-0.4, -0.2) is 15.9 Å². The Labute approximate surface area is 118 Å². The molecule has 1 aliphatic rings. The first kappa shape index (κ1) is 14.3. The number of hydrogen-bond donors (Lipinski definition) is 1. The molecule has 6 nitrogen and oxygen atoms in total. The van der Waals surface area contributed by atoms with Crippen LogP contribution in [0.5, 0.6) is 0 Å². The average Bonchev–Trinajstić information content (AvgIpc) is 2.36. The number of pyridine rings is 1. The molecule has 2 atom stereocenters. The molecule has 0 spiro atoms. The molecule has 1 fully saturated rings. The molecular formula is C14H18N4O2. The first-order chi connectivity index (χ1) is 9.51. The van der Waals surface area contributed by atoms with Crippen LogP contribution in [0, 0.1) is 33.3 Å². The van der Waals surface area contributed by atoms with Gasteiger partial charge in [-0.05, 0) is 37.2 Å². The Morgan fingerprint density at radius 3 is 2.60 bits per heavy atom. The van der Waals surface area contributed by atoms with Gasteiger partial charge >= 0.3 is 5.69 Å². The molecule has 1 aromatic rings. The van der Waals surface area contributed by atoms with E-state index in [9.17, 15) is 10.1 Å². The first-order valence-corrected chi connectivity index (χ1v) is 6.81. The minimum Gasteiger partial charge on any atom is -0.362 e. The second-order valence-electron chi connectivity index (χ2n) is 5.68. The predicted molar refractivity (Wildman–Crippen MR) is 75.2 cm³/mol. The lowest BCUT2D eigenvalue weighted by atomic mass is 9.80. The molecule has 0 amide bonds. The highest BCUT2D eigenvalue weighted by Gasteiger charge is 2.28. The van der Waals surface area contributed by atoms with E-state index in [0.29, 0.717) is 11.8 Å². The zero-order valence-corrected chi connectivity index (χ0v) is 11.7. The summed E-state index contributed by atoms with van der Waals surface area (Å²) >= 11 is 0. The summed E-state index contributed by atoms with van der Waals surface area (Å²) in [5, 5.41) is 23.3. The highest BCUT2D eigenvalue weighted by atomic mass is 16.6. The fourth-order valence-corrected chi connectivity index (χ4v) is 3.09. The van der Waals surface area contributed by atoms with Crippen LogP contribution in [0.4, 0.5) is 11.5 Å². The van der Waals surface area contributed by atoms with E-state index in [1.807, 2.05) is 6.07 Å². The Balaban J connectivity index is 2.25. The minimum absolute atomic E-state index is 0.0457. The van der Waals surface area contributed by atoms with Crippen molar-refractivity contribution in [2.45, 2.75) is 39.2 Å². The summed E-state index contributed by atoms with van der Waals surface area (Å²) in [5.41, 5.74) is -0.176. The van der Waals surface area contributed by atoms with Crippen LogP contribution in [-0.2, 0) is 0 Å². The van der Waals surface area contributed by atoms with Crippen LogP contribution in [0.1, 0.15) is 38.7 Å². The van der Waals surface area contributed by atoms with Gasteiger partial charge in [0.1, 0.15) is 11.6 Å². The van der Waals surface area contributed by atoms with E-state index in [1.165, 1.54) is 18.7 Å². The normalized spacial score (nSPS) is 25.8. The van der Waals surface area contributed by atoms with Gasteiger partial charge in [-0.1, -0.05) is 13.8 Å². The lowest BCUT2D eigenvalue weighted by Crippen LogP contribution is -2.30. The molecule has 0 aliphatic heterocycles. The third-order valence-corrected chi connectivity index (χ3v) is 3.75. The summed E-state index contributed by atoms with van der Waals surface area (Å²) in [6, 6.07) is 3.40. The number of anilines is 1. The minimum atomic E-state index is -0.538. The second kappa shape index (κ2) is 5.87. The number of hydrogen-bond acceptors (Lipinski definition) is 5. The topological polar surface area (TPSA) is 91.8 Å². The Hall–Kier alpha value is -2.16. The van der Waals surface area contributed by atoms with Crippen molar-refractivity contribution < 1.29 is 4.92 Å². The van der Waals surface area contributed by atoms with Crippen molar-refractivity contribution in [3.63, 3.8) is 0 Å². The zero-order valence-electron chi connectivity index (χ0n) is 11.7. The molecule has 2 rings (SSSR count). The Morgan fingerprint density at radius 1 is 1.40 bits per heavy atom. The monoisotopic (exact) mass is 274 g/mol. The summed E-state index contributed by atoms with van der Waals surface area (Å²) in [4.78, 5) is 14.7. The van der Waals surface area contributed by atoms with Crippen LogP contribution < -0.4 is 5.32 Å². The Morgan fingerprint density at radius 2 is 2.05 bits per heavy atom. The third-order valence-electron chi connectivity index (χ3n) is 3.75. The molecule has 0 aromatic carbocycles. The third kappa shape index (κ3) is 3.05.